The van der Waals surface area contributed by atoms with E-state index in [0.717, 1.165) is 9.71 Å². The summed E-state index contributed by atoms with van der Waals surface area (Å²) in [6, 6.07) is 2.04. The van der Waals surface area contributed by atoms with E-state index in [0.29, 0.717) is 6.54 Å². The van der Waals surface area contributed by atoms with E-state index in [1.54, 1.807) is 0 Å². The molecule has 9 heavy (non-hydrogen) atoms. The second-order valence-electron chi connectivity index (χ2n) is 1.58. The highest BCUT2D eigenvalue weighted by atomic mass is 32.2. The summed E-state index contributed by atoms with van der Waals surface area (Å²) in [7, 11) is -3.22. The van der Waals surface area contributed by atoms with Crippen molar-refractivity contribution >= 4 is 10.0 Å². The predicted molar refractivity (Wildman–Crippen MR) is 33.6 cm³/mol. The standard InChI is InChI=1S/C5H5NO2S/c1-2-6-4-3-5-9(6,7)8/h1,3,5H,4H2. The Morgan fingerprint density at radius 2 is 2.33 bits per heavy atom. The third-order valence-corrected chi connectivity index (χ3v) is 2.40. The van der Waals surface area contributed by atoms with Gasteiger partial charge in [0.15, 0.2) is 0 Å². The van der Waals surface area contributed by atoms with Crippen LogP contribution in [0, 0.1) is 12.5 Å². The van der Waals surface area contributed by atoms with Gasteiger partial charge in [-0.3, -0.25) is 0 Å². The van der Waals surface area contributed by atoms with E-state index in [-0.39, 0.29) is 0 Å². The molecular formula is C5H5NO2S. The molecule has 1 aliphatic heterocycles. The van der Waals surface area contributed by atoms with Gasteiger partial charge in [-0.05, 0) is 0 Å². The van der Waals surface area contributed by atoms with Crippen molar-refractivity contribution in [3.8, 4) is 12.5 Å². The van der Waals surface area contributed by atoms with Crippen molar-refractivity contribution in [3.63, 3.8) is 0 Å². The van der Waals surface area contributed by atoms with Gasteiger partial charge in [0.25, 0.3) is 10.0 Å². The minimum Gasteiger partial charge on any atom is -0.221 e. The Morgan fingerprint density at radius 3 is 2.56 bits per heavy atom. The fourth-order valence-corrected chi connectivity index (χ4v) is 1.48. The lowest BCUT2D eigenvalue weighted by Gasteiger charge is -2.04. The predicted octanol–water partition coefficient (Wildman–Crippen LogP) is -0.264. The number of nitrogens with zero attached hydrogens (tertiary/aromatic N) is 1. The smallest absolute Gasteiger partial charge is 0.221 e. The Bertz CT molecular complexity index is 270. The van der Waals surface area contributed by atoms with Gasteiger partial charge in [0, 0.05) is 11.5 Å². The van der Waals surface area contributed by atoms with Crippen LogP contribution in [-0.2, 0) is 10.0 Å². The highest BCUT2D eigenvalue weighted by molar-refractivity contribution is 7.92. The van der Waals surface area contributed by atoms with Crippen molar-refractivity contribution in [2.75, 3.05) is 6.54 Å². The molecule has 0 saturated carbocycles. The average Bonchev–Trinajstić information content (AvgIpc) is 2.08. The van der Waals surface area contributed by atoms with Crippen LogP contribution in [0.3, 0.4) is 0 Å². The molecular weight excluding hydrogens is 138 g/mol. The maximum absolute atomic E-state index is 10.7. The van der Waals surface area contributed by atoms with Gasteiger partial charge in [0.05, 0.1) is 6.54 Å². The van der Waals surface area contributed by atoms with Gasteiger partial charge in [0.2, 0.25) is 0 Å². The molecule has 0 unspecified atom stereocenters. The summed E-state index contributed by atoms with van der Waals surface area (Å²) >= 11 is 0. The molecule has 0 saturated heterocycles. The van der Waals surface area contributed by atoms with E-state index >= 15 is 0 Å². The van der Waals surface area contributed by atoms with Crippen LogP contribution in [0.4, 0.5) is 0 Å². The molecule has 3 nitrogen and oxygen atoms in total. The first-order chi connectivity index (χ1) is 4.17. The summed E-state index contributed by atoms with van der Waals surface area (Å²) in [5.41, 5.74) is 0. The van der Waals surface area contributed by atoms with E-state index in [4.69, 9.17) is 6.42 Å². The van der Waals surface area contributed by atoms with Gasteiger partial charge in [0.1, 0.15) is 0 Å². The van der Waals surface area contributed by atoms with Crippen molar-refractivity contribution in [2.24, 2.45) is 0 Å². The van der Waals surface area contributed by atoms with Gasteiger partial charge < -0.3 is 0 Å². The molecule has 0 bridgehead atoms. The van der Waals surface area contributed by atoms with E-state index in [2.05, 4.69) is 0 Å². The molecule has 0 aromatic heterocycles. The van der Waals surface area contributed by atoms with Gasteiger partial charge in [-0.2, -0.15) is 0 Å². The third kappa shape index (κ3) is 0.911. The molecule has 0 aromatic carbocycles. The Morgan fingerprint density at radius 1 is 1.67 bits per heavy atom. The minimum atomic E-state index is -3.22. The summed E-state index contributed by atoms with van der Waals surface area (Å²) in [5.74, 6) is 0. The largest absolute Gasteiger partial charge is 0.264 e. The first kappa shape index (κ1) is 6.17. The topological polar surface area (TPSA) is 37.4 Å². The zero-order valence-electron chi connectivity index (χ0n) is 4.61. The number of rotatable bonds is 0. The molecule has 0 spiro atoms. The monoisotopic (exact) mass is 143 g/mol. The lowest BCUT2D eigenvalue weighted by atomic mass is 10.6. The lowest BCUT2D eigenvalue weighted by Crippen LogP contribution is -2.18. The average molecular weight is 143 g/mol. The molecule has 1 heterocycles. The van der Waals surface area contributed by atoms with Gasteiger partial charge in [-0.15, -0.1) is 0 Å². The molecule has 0 amide bonds. The zero-order chi connectivity index (χ0) is 6.91. The lowest BCUT2D eigenvalue weighted by molar-refractivity contribution is 0.551. The summed E-state index contributed by atoms with van der Waals surface area (Å²) in [6.07, 6.45) is 6.38. The SMILES string of the molecule is C#CN1CC=CS1(=O)=O. The maximum Gasteiger partial charge on any atom is 0.264 e. The zero-order valence-corrected chi connectivity index (χ0v) is 5.43. The summed E-state index contributed by atoms with van der Waals surface area (Å²) in [4.78, 5) is 0. The van der Waals surface area contributed by atoms with Crippen LogP contribution in [0.5, 0.6) is 0 Å². The minimum absolute atomic E-state index is 0.304. The summed E-state index contributed by atoms with van der Waals surface area (Å²) in [6.45, 7) is 0.304. The Labute approximate surface area is 54.0 Å². The number of sulfonamides is 1. The quantitative estimate of drug-likeness (QED) is 0.438. The van der Waals surface area contributed by atoms with Crippen molar-refractivity contribution < 1.29 is 8.42 Å². The van der Waals surface area contributed by atoms with E-state index < -0.39 is 10.0 Å². The Balaban J connectivity index is 3.03. The normalized spacial score (nSPS) is 21.9. The molecule has 0 N–H and O–H groups in total. The molecule has 4 heteroatoms. The van der Waals surface area contributed by atoms with Crippen molar-refractivity contribution in [1.82, 2.24) is 4.31 Å². The summed E-state index contributed by atoms with van der Waals surface area (Å²) in [5, 5.41) is 1.10. The number of hydrogen-bond donors (Lipinski definition) is 0. The highest BCUT2D eigenvalue weighted by Crippen LogP contribution is 2.07. The van der Waals surface area contributed by atoms with Crippen LogP contribution < -0.4 is 0 Å². The second kappa shape index (κ2) is 1.78. The highest BCUT2D eigenvalue weighted by Gasteiger charge is 2.18. The fourth-order valence-electron chi connectivity index (χ4n) is 0.564. The molecule has 0 aliphatic carbocycles. The Hall–Kier alpha value is -0.950. The van der Waals surface area contributed by atoms with Crippen LogP contribution in [0.1, 0.15) is 0 Å². The number of hydrogen-bond acceptors (Lipinski definition) is 2. The van der Waals surface area contributed by atoms with Gasteiger partial charge >= 0.3 is 0 Å². The molecule has 0 atom stereocenters. The van der Waals surface area contributed by atoms with E-state index in [9.17, 15) is 8.42 Å². The van der Waals surface area contributed by atoms with E-state index in [1.165, 1.54) is 6.08 Å². The van der Waals surface area contributed by atoms with Crippen molar-refractivity contribution in [1.29, 1.82) is 0 Å². The second-order valence-corrected chi connectivity index (χ2v) is 3.32. The van der Waals surface area contributed by atoms with Gasteiger partial charge in [-0.25, -0.2) is 12.7 Å². The molecule has 0 radical (unpaired) electrons. The number of terminal acetylenes is 1. The Kier molecular flexibility index (Phi) is 1.22. The first-order valence-electron chi connectivity index (χ1n) is 2.32. The maximum atomic E-state index is 10.7. The van der Waals surface area contributed by atoms with Crippen LogP contribution in [0.2, 0.25) is 0 Å². The molecule has 48 valence electrons. The molecule has 0 fully saturated rings. The van der Waals surface area contributed by atoms with Crippen molar-refractivity contribution in [2.45, 2.75) is 0 Å². The molecule has 1 aliphatic rings. The summed E-state index contributed by atoms with van der Waals surface area (Å²) < 4.78 is 22.3. The first-order valence-corrected chi connectivity index (χ1v) is 3.82. The van der Waals surface area contributed by atoms with Crippen molar-refractivity contribution in [3.05, 3.63) is 11.5 Å². The van der Waals surface area contributed by atoms with E-state index in [1.807, 2.05) is 6.04 Å². The van der Waals surface area contributed by atoms with Crippen LogP contribution in [-0.4, -0.2) is 19.3 Å². The molecule has 1 rings (SSSR count). The van der Waals surface area contributed by atoms with Gasteiger partial charge in [-0.1, -0.05) is 12.5 Å². The fraction of sp³-hybridized carbons (Fsp3) is 0.200. The third-order valence-electron chi connectivity index (χ3n) is 0.991. The molecule has 0 aromatic rings. The van der Waals surface area contributed by atoms with Crippen LogP contribution in [0.25, 0.3) is 0 Å². The van der Waals surface area contributed by atoms with Crippen LogP contribution in [0.15, 0.2) is 11.5 Å². The van der Waals surface area contributed by atoms with Crippen LogP contribution >= 0.6 is 0 Å².